The molecule has 15 heavy (non-hydrogen) atoms. The molecule has 1 aromatic carbocycles. The molecule has 0 amide bonds. The van der Waals surface area contributed by atoms with Crippen LogP contribution in [0.2, 0.25) is 0 Å². The van der Waals surface area contributed by atoms with Crippen molar-refractivity contribution in [2.75, 3.05) is 6.54 Å². The van der Waals surface area contributed by atoms with Gasteiger partial charge in [0.15, 0.2) is 0 Å². The Hall–Kier alpha value is -1.13. The fourth-order valence-electron chi connectivity index (χ4n) is 1.47. The summed E-state index contributed by atoms with van der Waals surface area (Å²) in [5.41, 5.74) is 7.86. The van der Waals surface area contributed by atoms with Crippen LogP contribution < -0.4 is 5.73 Å². The van der Waals surface area contributed by atoms with Crippen LogP contribution in [0.25, 0.3) is 5.69 Å². The first-order valence-electron chi connectivity index (χ1n) is 4.78. The Morgan fingerprint density at radius 3 is 2.87 bits per heavy atom. The minimum Gasteiger partial charge on any atom is -0.330 e. The number of imidazole rings is 1. The lowest BCUT2D eigenvalue weighted by atomic mass is 10.1. The summed E-state index contributed by atoms with van der Waals surface area (Å²) in [4.78, 5) is 4.01. The van der Waals surface area contributed by atoms with Crippen LogP contribution in [0.3, 0.4) is 0 Å². The van der Waals surface area contributed by atoms with Crippen molar-refractivity contribution >= 4 is 15.9 Å². The summed E-state index contributed by atoms with van der Waals surface area (Å²) in [6, 6.07) is 6.23. The monoisotopic (exact) mass is 265 g/mol. The maximum absolute atomic E-state index is 5.53. The van der Waals surface area contributed by atoms with Gasteiger partial charge >= 0.3 is 0 Å². The Morgan fingerprint density at radius 2 is 2.27 bits per heavy atom. The van der Waals surface area contributed by atoms with Gasteiger partial charge in [-0.2, -0.15) is 0 Å². The third-order valence-electron chi connectivity index (χ3n) is 2.25. The van der Waals surface area contributed by atoms with Crippen molar-refractivity contribution in [1.82, 2.24) is 9.55 Å². The van der Waals surface area contributed by atoms with Gasteiger partial charge in [-0.3, -0.25) is 0 Å². The normalized spacial score (nSPS) is 10.5. The summed E-state index contributed by atoms with van der Waals surface area (Å²) in [5, 5.41) is 0. The average Bonchev–Trinajstić information content (AvgIpc) is 2.74. The van der Waals surface area contributed by atoms with Crippen molar-refractivity contribution in [2.24, 2.45) is 5.73 Å². The molecular formula is C11H12BrN3. The van der Waals surface area contributed by atoms with Crippen molar-refractivity contribution in [1.29, 1.82) is 0 Å². The molecule has 0 saturated heterocycles. The molecule has 0 fully saturated rings. The second kappa shape index (κ2) is 4.59. The van der Waals surface area contributed by atoms with E-state index in [-0.39, 0.29) is 0 Å². The molecule has 0 unspecified atom stereocenters. The summed E-state index contributed by atoms with van der Waals surface area (Å²) in [7, 11) is 0. The second-order valence-corrected chi connectivity index (χ2v) is 4.14. The maximum atomic E-state index is 5.53. The smallest absolute Gasteiger partial charge is 0.0991 e. The van der Waals surface area contributed by atoms with Gasteiger partial charge in [0.05, 0.1) is 6.33 Å². The summed E-state index contributed by atoms with van der Waals surface area (Å²) >= 11 is 3.54. The molecule has 2 aromatic rings. The largest absolute Gasteiger partial charge is 0.330 e. The van der Waals surface area contributed by atoms with Gasteiger partial charge in [-0.05, 0) is 30.7 Å². The van der Waals surface area contributed by atoms with E-state index in [0.29, 0.717) is 6.54 Å². The Morgan fingerprint density at radius 1 is 1.40 bits per heavy atom. The van der Waals surface area contributed by atoms with Crippen LogP contribution in [0.15, 0.2) is 41.4 Å². The predicted octanol–water partition coefficient (Wildman–Crippen LogP) is 2.14. The molecule has 4 heteroatoms. The number of nitrogens with zero attached hydrogens (tertiary/aromatic N) is 2. The molecule has 3 nitrogen and oxygen atoms in total. The number of rotatable bonds is 3. The van der Waals surface area contributed by atoms with Gasteiger partial charge < -0.3 is 10.3 Å². The molecule has 1 heterocycles. The summed E-state index contributed by atoms with van der Waals surface area (Å²) in [6.07, 6.45) is 6.36. The maximum Gasteiger partial charge on any atom is 0.0991 e. The number of halogens is 1. The third kappa shape index (κ3) is 2.27. The zero-order valence-electron chi connectivity index (χ0n) is 8.23. The number of benzene rings is 1. The van der Waals surface area contributed by atoms with Crippen LogP contribution in [0.4, 0.5) is 0 Å². The number of nitrogens with two attached hydrogens (primary N) is 1. The molecule has 2 rings (SSSR count). The van der Waals surface area contributed by atoms with Gasteiger partial charge in [-0.25, -0.2) is 4.98 Å². The fraction of sp³-hybridized carbons (Fsp3) is 0.182. The second-order valence-electron chi connectivity index (χ2n) is 3.28. The number of hydrogen-bond donors (Lipinski definition) is 1. The third-order valence-corrected chi connectivity index (χ3v) is 2.99. The van der Waals surface area contributed by atoms with Crippen molar-refractivity contribution in [2.45, 2.75) is 6.42 Å². The summed E-state index contributed by atoms with van der Waals surface area (Å²) in [5.74, 6) is 0. The lowest BCUT2D eigenvalue weighted by Crippen LogP contribution is -2.03. The van der Waals surface area contributed by atoms with Crippen molar-refractivity contribution < 1.29 is 0 Å². The van der Waals surface area contributed by atoms with Crippen LogP contribution in [0.5, 0.6) is 0 Å². The molecule has 0 atom stereocenters. The van der Waals surface area contributed by atoms with E-state index >= 15 is 0 Å². The minimum absolute atomic E-state index is 0.670. The number of aromatic nitrogens is 2. The van der Waals surface area contributed by atoms with Crippen molar-refractivity contribution in [3.8, 4) is 5.69 Å². The molecule has 0 radical (unpaired) electrons. The average molecular weight is 266 g/mol. The Kier molecular flexibility index (Phi) is 3.18. The summed E-state index contributed by atoms with van der Waals surface area (Å²) < 4.78 is 3.07. The van der Waals surface area contributed by atoms with Gasteiger partial charge in [0.2, 0.25) is 0 Å². The SMILES string of the molecule is NCCc1ccc(-n2ccnc2)cc1Br. The highest BCUT2D eigenvalue weighted by Crippen LogP contribution is 2.21. The van der Waals surface area contributed by atoms with Crippen LogP contribution in [-0.2, 0) is 6.42 Å². The Labute approximate surface area is 97.1 Å². The highest BCUT2D eigenvalue weighted by molar-refractivity contribution is 9.10. The van der Waals surface area contributed by atoms with E-state index in [9.17, 15) is 0 Å². The van der Waals surface area contributed by atoms with E-state index in [1.54, 1.807) is 12.5 Å². The molecule has 0 bridgehead atoms. The van der Waals surface area contributed by atoms with E-state index in [1.165, 1.54) is 5.56 Å². The lowest BCUT2D eigenvalue weighted by molar-refractivity contribution is 0.958. The molecule has 0 spiro atoms. The van der Waals surface area contributed by atoms with Crippen LogP contribution >= 0.6 is 15.9 Å². The molecule has 2 N–H and O–H groups in total. The highest BCUT2D eigenvalue weighted by atomic mass is 79.9. The van der Waals surface area contributed by atoms with E-state index in [0.717, 1.165) is 16.6 Å². The van der Waals surface area contributed by atoms with Crippen LogP contribution in [-0.4, -0.2) is 16.1 Å². The zero-order valence-corrected chi connectivity index (χ0v) is 9.81. The first kappa shape index (κ1) is 10.4. The van der Waals surface area contributed by atoms with E-state index in [2.05, 4.69) is 39.1 Å². The fourth-order valence-corrected chi connectivity index (χ4v) is 2.03. The topological polar surface area (TPSA) is 43.8 Å². The zero-order chi connectivity index (χ0) is 10.7. The molecule has 0 aliphatic carbocycles. The first-order valence-corrected chi connectivity index (χ1v) is 5.57. The van der Waals surface area contributed by atoms with Gasteiger partial charge in [0.1, 0.15) is 0 Å². The molecule has 0 aliphatic heterocycles. The predicted molar refractivity (Wildman–Crippen MR) is 64.0 cm³/mol. The molecular weight excluding hydrogens is 254 g/mol. The quantitative estimate of drug-likeness (QED) is 0.924. The van der Waals surface area contributed by atoms with Crippen molar-refractivity contribution in [3.05, 3.63) is 47.0 Å². The highest BCUT2D eigenvalue weighted by Gasteiger charge is 2.01. The first-order chi connectivity index (χ1) is 7.31. The molecule has 1 aromatic heterocycles. The number of hydrogen-bond acceptors (Lipinski definition) is 2. The Balaban J connectivity index is 2.33. The van der Waals surface area contributed by atoms with Crippen LogP contribution in [0, 0.1) is 0 Å². The van der Waals surface area contributed by atoms with Gasteiger partial charge in [0.25, 0.3) is 0 Å². The van der Waals surface area contributed by atoms with E-state index < -0.39 is 0 Å². The summed E-state index contributed by atoms with van der Waals surface area (Å²) in [6.45, 7) is 0.670. The van der Waals surface area contributed by atoms with Gasteiger partial charge in [0, 0.05) is 22.6 Å². The van der Waals surface area contributed by atoms with Crippen LogP contribution in [0.1, 0.15) is 5.56 Å². The van der Waals surface area contributed by atoms with Gasteiger partial charge in [-0.15, -0.1) is 0 Å². The molecule has 0 saturated carbocycles. The lowest BCUT2D eigenvalue weighted by Gasteiger charge is -2.06. The molecule has 78 valence electrons. The van der Waals surface area contributed by atoms with E-state index in [4.69, 9.17) is 5.73 Å². The standard InChI is InChI=1S/C11H12BrN3/c12-11-7-10(15-6-5-14-8-15)2-1-9(11)3-4-13/h1-2,5-8H,3-4,13H2. The Bertz CT molecular complexity index is 437. The minimum atomic E-state index is 0.670. The van der Waals surface area contributed by atoms with E-state index in [1.807, 2.05) is 10.8 Å². The van der Waals surface area contributed by atoms with Gasteiger partial charge in [-0.1, -0.05) is 22.0 Å². The molecule has 0 aliphatic rings. The van der Waals surface area contributed by atoms with Crippen molar-refractivity contribution in [3.63, 3.8) is 0 Å².